The summed E-state index contributed by atoms with van der Waals surface area (Å²) in [5.41, 5.74) is 2.90. The van der Waals surface area contributed by atoms with Gasteiger partial charge in [-0.05, 0) is 16.5 Å². The van der Waals surface area contributed by atoms with Crippen LogP contribution in [-0.4, -0.2) is 13.2 Å². The molecule has 0 unspecified atom stereocenters. The highest BCUT2D eigenvalue weighted by Crippen LogP contribution is 2.22. The molecular weight excluding hydrogens is 196 g/mol. The van der Waals surface area contributed by atoms with Crippen molar-refractivity contribution in [1.29, 1.82) is 0 Å². The fraction of sp³-hybridized carbons (Fsp3) is 0.467. The maximum absolute atomic E-state index is 5.14. The first-order valence-electron chi connectivity index (χ1n) is 5.92. The molecule has 1 aromatic carbocycles. The Hall–Kier alpha value is -1.08. The minimum absolute atomic E-state index is 0.240. The van der Waals surface area contributed by atoms with Gasteiger partial charge in [0.25, 0.3) is 0 Å². The van der Waals surface area contributed by atoms with Gasteiger partial charge in [0.1, 0.15) is 0 Å². The van der Waals surface area contributed by atoms with Crippen molar-refractivity contribution >= 4 is 6.08 Å². The second kappa shape index (κ2) is 4.42. The van der Waals surface area contributed by atoms with Crippen LogP contribution in [0.25, 0.3) is 6.08 Å². The van der Waals surface area contributed by atoms with Gasteiger partial charge in [-0.15, -0.1) is 0 Å². The van der Waals surface area contributed by atoms with Crippen LogP contribution < -0.4 is 0 Å². The Morgan fingerprint density at radius 1 is 1.12 bits per heavy atom. The van der Waals surface area contributed by atoms with Crippen LogP contribution in [0.1, 0.15) is 31.9 Å². The first-order valence-corrected chi connectivity index (χ1v) is 5.92. The molecule has 0 aromatic heterocycles. The Morgan fingerprint density at radius 3 is 2.19 bits per heavy atom. The second-order valence-corrected chi connectivity index (χ2v) is 5.53. The summed E-state index contributed by atoms with van der Waals surface area (Å²) in [6, 6.07) is 8.82. The summed E-state index contributed by atoms with van der Waals surface area (Å²) in [4.78, 5) is 0. The van der Waals surface area contributed by atoms with Crippen molar-refractivity contribution in [1.82, 2.24) is 0 Å². The first kappa shape index (κ1) is 11.4. The highest BCUT2D eigenvalue weighted by atomic mass is 16.5. The van der Waals surface area contributed by atoms with Crippen LogP contribution >= 0.6 is 0 Å². The average Bonchev–Trinajstić information content (AvgIpc) is 2.15. The highest BCUT2D eigenvalue weighted by Gasteiger charge is 2.14. The summed E-state index contributed by atoms with van der Waals surface area (Å²) in [5.74, 6) is 0.627. The summed E-state index contributed by atoms with van der Waals surface area (Å²) >= 11 is 0. The lowest BCUT2D eigenvalue weighted by Gasteiger charge is -2.22. The largest absolute Gasteiger partial charge is 0.380 e. The maximum Gasteiger partial charge on any atom is 0.0551 e. The topological polar surface area (TPSA) is 9.23 Å². The third-order valence-corrected chi connectivity index (χ3v) is 3.00. The predicted molar refractivity (Wildman–Crippen MR) is 68.5 cm³/mol. The molecule has 0 saturated carbocycles. The molecule has 2 rings (SSSR count). The van der Waals surface area contributed by atoms with Gasteiger partial charge in [0.2, 0.25) is 0 Å². The lowest BCUT2D eigenvalue weighted by molar-refractivity contribution is -0.00730. The van der Waals surface area contributed by atoms with Crippen LogP contribution in [0.4, 0.5) is 0 Å². The van der Waals surface area contributed by atoms with Crippen molar-refractivity contribution < 1.29 is 4.74 Å². The van der Waals surface area contributed by atoms with E-state index in [1.165, 1.54) is 11.1 Å². The molecule has 0 aliphatic carbocycles. The molecule has 0 atom stereocenters. The van der Waals surface area contributed by atoms with Crippen molar-refractivity contribution in [2.45, 2.75) is 26.2 Å². The molecule has 1 heteroatoms. The molecule has 1 saturated heterocycles. The standard InChI is InChI=1S/C15H20O/c1-15(2,3)14-8-6-12(7-9-14)4-5-13-10-16-11-13/h4-9,13H,10-11H2,1-3H3/b5-4+. The highest BCUT2D eigenvalue weighted by molar-refractivity contribution is 5.50. The van der Waals surface area contributed by atoms with Crippen LogP contribution in [0.5, 0.6) is 0 Å². The molecule has 1 aliphatic heterocycles. The summed E-state index contributed by atoms with van der Waals surface area (Å²) in [6.45, 7) is 8.49. The monoisotopic (exact) mass is 216 g/mol. The van der Waals surface area contributed by atoms with Crippen LogP contribution in [0, 0.1) is 5.92 Å². The van der Waals surface area contributed by atoms with E-state index in [0.717, 1.165) is 13.2 Å². The van der Waals surface area contributed by atoms with Gasteiger partial charge in [0.05, 0.1) is 13.2 Å². The molecule has 0 spiro atoms. The Labute approximate surface area is 98.1 Å². The first-order chi connectivity index (χ1) is 7.55. The van der Waals surface area contributed by atoms with Gasteiger partial charge in [-0.2, -0.15) is 0 Å². The van der Waals surface area contributed by atoms with Gasteiger partial charge in [-0.1, -0.05) is 57.2 Å². The molecule has 1 nitrogen and oxygen atoms in total. The van der Waals surface area contributed by atoms with Gasteiger partial charge >= 0.3 is 0 Å². The number of hydrogen-bond acceptors (Lipinski definition) is 1. The van der Waals surface area contributed by atoms with Crippen molar-refractivity contribution in [3.05, 3.63) is 41.5 Å². The van der Waals surface area contributed by atoms with Crippen LogP contribution in [0.2, 0.25) is 0 Å². The average molecular weight is 216 g/mol. The summed E-state index contributed by atoms with van der Waals surface area (Å²) in [7, 11) is 0. The Balaban J connectivity index is 2.04. The molecule has 1 heterocycles. The Morgan fingerprint density at radius 2 is 1.75 bits per heavy atom. The van der Waals surface area contributed by atoms with E-state index in [1.807, 2.05) is 0 Å². The maximum atomic E-state index is 5.14. The molecule has 1 fully saturated rings. The molecule has 0 amide bonds. The smallest absolute Gasteiger partial charge is 0.0551 e. The summed E-state index contributed by atoms with van der Waals surface area (Å²) < 4.78 is 5.14. The SMILES string of the molecule is CC(C)(C)c1ccc(/C=C/C2COC2)cc1. The number of benzene rings is 1. The van der Waals surface area contributed by atoms with E-state index in [1.54, 1.807) is 0 Å². The third kappa shape index (κ3) is 2.73. The zero-order valence-corrected chi connectivity index (χ0v) is 10.4. The van der Waals surface area contributed by atoms with Crippen LogP contribution in [0.3, 0.4) is 0 Å². The number of ether oxygens (including phenoxy) is 1. The van der Waals surface area contributed by atoms with Crippen molar-refractivity contribution in [2.75, 3.05) is 13.2 Å². The molecule has 0 N–H and O–H groups in total. The quantitative estimate of drug-likeness (QED) is 0.733. The molecule has 0 radical (unpaired) electrons. The second-order valence-electron chi connectivity index (χ2n) is 5.53. The van der Waals surface area contributed by atoms with Gasteiger partial charge in [-0.3, -0.25) is 0 Å². The lowest BCUT2D eigenvalue weighted by atomic mass is 9.86. The van der Waals surface area contributed by atoms with E-state index in [-0.39, 0.29) is 5.41 Å². The molecule has 16 heavy (non-hydrogen) atoms. The van der Waals surface area contributed by atoms with Gasteiger partial charge in [0.15, 0.2) is 0 Å². The minimum atomic E-state index is 0.240. The van der Waals surface area contributed by atoms with Gasteiger partial charge in [0, 0.05) is 5.92 Å². The van der Waals surface area contributed by atoms with E-state index < -0.39 is 0 Å². The summed E-state index contributed by atoms with van der Waals surface area (Å²) in [5, 5.41) is 0. The lowest BCUT2D eigenvalue weighted by Crippen LogP contribution is -2.24. The van der Waals surface area contributed by atoms with E-state index in [4.69, 9.17) is 4.74 Å². The van der Waals surface area contributed by atoms with Crippen molar-refractivity contribution in [3.63, 3.8) is 0 Å². The predicted octanol–water partition coefficient (Wildman–Crippen LogP) is 3.64. The zero-order valence-electron chi connectivity index (χ0n) is 10.4. The van der Waals surface area contributed by atoms with Crippen LogP contribution in [-0.2, 0) is 10.2 Å². The van der Waals surface area contributed by atoms with Crippen molar-refractivity contribution in [3.8, 4) is 0 Å². The zero-order chi connectivity index (χ0) is 11.6. The van der Waals surface area contributed by atoms with E-state index >= 15 is 0 Å². The van der Waals surface area contributed by atoms with Crippen molar-refractivity contribution in [2.24, 2.45) is 5.92 Å². The fourth-order valence-corrected chi connectivity index (χ4v) is 1.71. The minimum Gasteiger partial charge on any atom is -0.380 e. The normalized spacial score (nSPS) is 17.7. The molecule has 0 bridgehead atoms. The molecule has 86 valence electrons. The molecular formula is C15H20O. The third-order valence-electron chi connectivity index (χ3n) is 3.00. The van der Waals surface area contributed by atoms with Crippen LogP contribution in [0.15, 0.2) is 30.3 Å². The number of rotatable bonds is 2. The number of hydrogen-bond donors (Lipinski definition) is 0. The Bertz CT molecular complexity index is 363. The summed E-state index contributed by atoms with van der Waals surface area (Å²) in [6.07, 6.45) is 4.44. The van der Waals surface area contributed by atoms with Gasteiger partial charge < -0.3 is 4.74 Å². The molecule has 1 aromatic rings. The molecule has 1 aliphatic rings. The van der Waals surface area contributed by atoms with E-state index in [9.17, 15) is 0 Å². The van der Waals surface area contributed by atoms with E-state index in [2.05, 4.69) is 57.2 Å². The fourth-order valence-electron chi connectivity index (χ4n) is 1.71. The van der Waals surface area contributed by atoms with Gasteiger partial charge in [-0.25, -0.2) is 0 Å². The van der Waals surface area contributed by atoms with E-state index in [0.29, 0.717) is 5.92 Å². The Kier molecular flexibility index (Phi) is 3.15.